The van der Waals surface area contributed by atoms with Gasteiger partial charge in [-0.2, -0.15) is 0 Å². The summed E-state index contributed by atoms with van der Waals surface area (Å²) >= 11 is 0. The standard InChI is InChI=1S/C19H24N2O/c1-13(2)15-5-7-16(8-6-15)14(3)21(4)19(22)17-9-11-18(20)12-10-17/h5-14H,20H2,1-4H3/t14-/m1/s1. The largest absolute Gasteiger partial charge is 0.399 e. The van der Waals surface area contributed by atoms with E-state index in [2.05, 4.69) is 38.1 Å². The van der Waals surface area contributed by atoms with E-state index in [-0.39, 0.29) is 11.9 Å². The molecule has 0 heterocycles. The smallest absolute Gasteiger partial charge is 0.254 e. The van der Waals surface area contributed by atoms with E-state index >= 15 is 0 Å². The highest BCUT2D eigenvalue weighted by Crippen LogP contribution is 2.23. The van der Waals surface area contributed by atoms with Gasteiger partial charge >= 0.3 is 0 Å². The molecule has 22 heavy (non-hydrogen) atoms. The number of nitrogens with two attached hydrogens (primary N) is 1. The first-order valence-electron chi connectivity index (χ1n) is 7.62. The van der Waals surface area contributed by atoms with Crippen LogP contribution in [0.1, 0.15) is 54.2 Å². The summed E-state index contributed by atoms with van der Waals surface area (Å²) in [5.41, 5.74) is 9.43. The van der Waals surface area contributed by atoms with Crippen LogP contribution in [0.2, 0.25) is 0 Å². The van der Waals surface area contributed by atoms with Gasteiger partial charge in [0.05, 0.1) is 6.04 Å². The van der Waals surface area contributed by atoms with E-state index in [1.807, 2.05) is 14.0 Å². The summed E-state index contributed by atoms with van der Waals surface area (Å²) in [6.45, 7) is 6.39. The number of rotatable bonds is 4. The Morgan fingerprint density at radius 3 is 1.91 bits per heavy atom. The maximum absolute atomic E-state index is 12.5. The zero-order valence-electron chi connectivity index (χ0n) is 13.7. The van der Waals surface area contributed by atoms with Crippen molar-refractivity contribution in [2.45, 2.75) is 32.7 Å². The van der Waals surface area contributed by atoms with Gasteiger partial charge in [-0.1, -0.05) is 38.1 Å². The molecule has 0 saturated carbocycles. The number of nitrogens with zero attached hydrogens (tertiary/aromatic N) is 1. The normalized spacial score (nSPS) is 12.2. The molecule has 0 spiro atoms. The number of hydrogen-bond acceptors (Lipinski definition) is 2. The van der Waals surface area contributed by atoms with Crippen molar-refractivity contribution in [3.8, 4) is 0 Å². The maximum atomic E-state index is 12.5. The lowest BCUT2D eigenvalue weighted by atomic mass is 9.99. The SMILES string of the molecule is CC(C)c1ccc([C@@H](C)N(C)C(=O)c2ccc(N)cc2)cc1. The number of nitrogen functional groups attached to an aromatic ring is 1. The van der Waals surface area contributed by atoms with Crippen molar-refractivity contribution in [1.82, 2.24) is 4.90 Å². The summed E-state index contributed by atoms with van der Waals surface area (Å²) in [7, 11) is 1.83. The highest BCUT2D eigenvalue weighted by atomic mass is 16.2. The number of amides is 1. The Kier molecular flexibility index (Phi) is 4.86. The van der Waals surface area contributed by atoms with Crippen molar-refractivity contribution in [2.75, 3.05) is 12.8 Å². The molecule has 0 bridgehead atoms. The molecule has 2 aromatic carbocycles. The van der Waals surface area contributed by atoms with Gasteiger partial charge in [0.2, 0.25) is 0 Å². The van der Waals surface area contributed by atoms with Crippen molar-refractivity contribution < 1.29 is 4.79 Å². The van der Waals surface area contributed by atoms with Gasteiger partial charge in [-0.15, -0.1) is 0 Å². The van der Waals surface area contributed by atoms with Gasteiger partial charge < -0.3 is 10.6 Å². The van der Waals surface area contributed by atoms with Gasteiger partial charge in [-0.25, -0.2) is 0 Å². The molecule has 3 nitrogen and oxygen atoms in total. The Balaban J connectivity index is 2.15. The molecule has 1 amide bonds. The van der Waals surface area contributed by atoms with E-state index in [0.29, 0.717) is 17.2 Å². The molecule has 0 saturated heterocycles. The molecule has 0 aliphatic carbocycles. The van der Waals surface area contributed by atoms with E-state index in [1.54, 1.807) is 29.2 Å². The van der Waals surface area contributed by atoms with Crippen LogP contribution < -0.4 is 5.73 Å². The second-order valence-corrected chi connectivity index (χ2v) is 6.04. The lowest BCUT2D eigenvalue weighted by molar-refractivity contribution is 0.0742. The molecule has 0 aromatic heterocycles. The number of benzene rings is 2. The first-order chi connectivity index (χ1) is 10.4. The van der Waals surface area contributed by atoms with Gasteiger partial charge in [0, 0.05) is 18.3 Å². The molecule has 3 heteroatoms. The fourth-order valence-electron chi connectivity index (χ4n) is 2.39. The second kappa shape index (κ2) is 6.65. The van der Waals surface area contributed by atoms with Crippen molar-refractivity contribution in [3.63, 3.8) is 0 Å². The minimum atomic E-state index is 0.000404. The fourth-order valence-corrected chi connectivity index (χ4v) is 2.39. The molecule has 0 aliphatic rings. The lowest BCUT2D eigenvalue weighted by Gasteiger charge is -2.26. The van der Waals surface area contributed by atoms with Crippen molar-refractivity contribution in [2.24, 2.45) is 0 Å². The number of hydrogen-bond donors (Lipinski definition) is 1. The third kappa shape index (κ3) is 3.48. The summed E-state index contributed by atoms with van der Waals surface area (Å²) in [5, 5.41) is 0. The van der Waals surface area contributed by atoms with Crippen LogP contribution in [-0.4, -0.2) is 17.9 Å². The van der Waals surface area contributed by atoms with Crippen LogP contribution in [0.5, 0.6) is 0 Å². The molecule has 1 atom stereocenters. The highest BCUT2D eigenvalue weighted by molar-refractivity contribution is 5.94. The van der Waals surface area contributed by atoms with Gasteiger partial charge in [0.1, 0.15) is 0 Å². The zero-order valence-corrected chi connectivity index (χ0v) is 13.7. The van der Waals surface area contributed by atoms with E-state index in [4.69, 9.17) is 5.73 Å². The second-order valence-electron chi connectivity index (χ2n) is 6.04. The van der Waals surface area contributed by atoms with Crippen LogP contribution in [-0.2, 0) is 0 Å². The fraction of sp³-hybridized carbons (Fsp3) is 0.316. The van der Waals surface area contributed by atoms with Gasteiger partial charge in [-0.05, 0) is 48.2 Å². The predicted molar refractivity (Wildman–Crippen MR) is 91.9 cm³/mol. The third-order valence-electron chi connectivity index (χ3n) is 4.14. The molecule has 0 radical (unpaired) electrons. The molecule has 116 valence electrons. The van der Waals surface area contributed by atoms with Crippen LogP contribution in [0.4, 0.5) is 5.69 Å². The first kappa shape index (κ1) is 16.1. The highest BCUT2D eigenvalue weighted by Gasteiger charge is 2.18. The first-order valence-corrected chi connectivity index (χ1v) is 7.62. The van der Waals surface area contributed by atoms with E-state index in [1.165, 1.54) is 5.56 Å². The number of carbonyl (C=O) groups excluding carboxylic acids is 1. The quantitative estimate of drug-likeness (QED) is 0.858. The van der Waals surface area contributed by atoms with Gasteiger partial charge in [0.15, 0.2) is 0 Å². The van der Waals surface area contributed by atoms with Crippen LogP contribution in [0.15, 0.2) is 48.5 Å². The maximum Gasteiger partial charge on any atom is 0.254 e. The van der Waals surface area contributed by atoms with Gasteiger partial charge in [0.25, 0.3) is 5.91 Å². The lowest BCUT2D eigenvalue weighted by Crippen LogP contribution is -2.29. The molecule has 2 aromatic rings. The van der Waals surface area contributed by atoms with E-state index < -0.39 is 0 Å². The van der Waals surface area contributed by atoms with E-state index in [9.17, 15) is 4.79 Å². The number of anilines is 1. The Bertz CT molecular complexity index is 629. The summed E-state index contributed by atoms with van der Waals surface area (Å²) in [6.07, 6.45) is 0. The minimum absolute atomic E-state index is 0.000404. The van der Waals surface area contributed by atoms with Crippen molar-refractivity contribution in [1.29, 1.82) is 0 Å². The van der Waals surface area contributed by atoms with E-state index in [0.717, 1.165) is 5.56 Å². The van der Waals surface area contributed by atoms with Crippen LogP contribution >= 0.6 is 0 Å². The minimum Gasteiger partial charge on any atom is -0.399 e. The monoisotopic (exact) mass is 296 g/mol. The predicted octanol–water partition coefficient (Wildman–Crippen LogP) is 4.23. The van der Waals surface area contributed by atoms with Gasteiger partial charge in [-0.3, -0.25) is 4.79 Å². The molecule has 0 fully saturated rings. The Morgan fingerprint density at radius 1 is 0.909 bits per heavy atom. The molecular weight excluding hydrogens is 272 g/mol. The Morgan fingerprint density at radius 2 is 1.41 bits per heavy atom. The molecule has 0 aliphatic heterocycles. The van der Waals surface area contributed by atoms with Crippen LogP contribution in [0.25, 0.3) is 0 Å². The third-order valence-corrected chi connectivity index (χ3v) is 4.14. The topological polar surface area (TPSA) is 46.3 Å². The van der Waals surface area contributed by atoms with Crippen molar-refractivity contribution in [3.05, 3.63) is 65.2 Å². The van der Waals surface area contributed by atoms with Crippen LogP contribution in [0, 0.1) is 0 Å². The molecular formula is C19H24N2O. The Hall–Kier alpha value is -2.29. The summed E-state index contributed by atoms with van der Waals surface area (Å²) in [4.78, 5) is 14.3. The summed E-state index contributed by atoms with van der Waals surface area (Å²) < 4.78 is 0. The summed E-state index contributed by atoms with van der Waals surface area (Å²) in [6, 6.07) is 15.5. The summed E-state index contributed by atoms with van der Waals surface area (Å²) in [5.74, 6) is 0.513. The Labute approximate surface area is 132 Å². The molecule has 2 N–H and O–H groups in total. The zero-order chi connectivity index (χ0) is 16.3. The number of carbonyl (C=O) groups is 1. The average Bonchev–Trinajstić information content (AvgIpc) is 2.53. The van der Waals surface area contributed by atoms with Crippen LogP contribution in [0.3, 0.4) is 0 Å². The average molecular weight is 296 g/mol. The molecule has 0 unspecified atom stereocenters. The van der Waals surface area contributed by atoms with Crippen molar-refractivity contribution >= 4 is 11.6 Å². The molecule has 2 rings (SSSR count).